The predicted octanol–water partition coefficient (Wildman–Crippen LogP) is 13.6. The number of aromatic nitrogens is 2. The molecule has 1 aliphatic carbocycles. The molecule has 0 atom stereocenters. The van der Waals surface area contributed by atoms with Gasteiger partial charge in [-0.1, -0.05) is 178 Å². The maximum atomic E-state index is 5.25. The molecule has 0 spiro atoms. The van der Waals surface area contributed by atoms with Gasteiger partial charge in [0.05, 0.1) is 19.5 Å². The minimum absolute atomic E-state index is 0.138. The highest BCUT2D eigenvalue weighted by Gasteiger charge is 2.36. The summed E-state index contributed by atoms with van der Waals surface area (Å²) in [5.41, 5.74) is 18.7. The van der Waals surface area contributed by atoms with Crippen LogP contribution in [0.1, 0.15) is 30.5 Å². The summed E-state index contributed by atoms with van der Waals surface area (Å²) in [6, 6.07) is 61.8. The Morgan fingerprint density at radius 2 is 0.875 bits per heavy atom. The maximum absolute atomic E-state index is 5.25. The first kappa shape index (κ1) is 35.5. The molecule has 1 aliphatic rings. The summed E-state index contributed by atoms with van der Waals surface area (Å²) in [5, 5.41) is 1.49. The highest BCUT2D eigenvalue weighted by Crippen LogP contribution is 2.50. The van der Waals surface area contributed by atoms with Crippen molar-refractivity contribution in [2.75, 3.05) is 0 Å². The lowest BCUT2D eigenvalue weighted by atomic mass is 9.81. The fourth-order valence-corrected chi connectivity index (χ4v) is 9.48. The van der Waals surface area contributed by atoms with E-state index in [9.17, 15) is 0 Å². The molecular formula is C53H46N2Si. The van der Waals surface area contributed by atoms with E-state index in [4.69, 9.17) is 9.97 Å². The Balaban J connectivity index is 1.09. The van der Waals surface area contributed by atoms with Crippen LogP contribution in [-0.4, -0.2) is 18.0 Å². The minimum Gasteiger partial charge on any atom is -0.228 e. The van der Waals surface area contributed by atoms with Gasteiger partial charge in [0.15, 0.2) is 5.82 Å². The number of fused-ring (bicyclic) bond motifs is 3. The number of nitrogens with zero attached hydrogens (tertiary/aromatic N) is 2. The topological polar surface area (TPSA) is 25.8 Å². The summed E-state index contributed by atoms with van der Waals surface area (Å²) >= 11 is 0. The van der Waals surface area contributed by atoms with Gasteiger partial charge in [0.1, 0.15) is 0 Å². The number of rotatable bonds is 7. The molecule has 0 saturated heterocycles. The normalized spacial score (nSPS) is 13.0. The van der Waals surface area contributed by atoms with Crippen molar-refractivity contribution in [1.82, 2.24) is 9.97 Å². The Morgan fingerprint density at radius 1 is 0.393 bits per heavy atom. The van der Waals surface area contributed by atoms with E-state index < -0.39 is 8.07 Å². The summed E-state index contributed by atoms with van der Waals surface area (Å²) in [4.78, 5) is 10.5. The van der Waals surface area contributed by atoms with Crippen molar-refractivity contribution >= 4 is 13.3 Å². The summed E-state index contributed by atoms with van der Waals surface area (Å²) in [7, 11) is -1.35. The standard InChI is InChI=1S/C53H46N2Si/c1-35-14-10-11-21-45(35)51-34-50(42-19-12-17-38(30-42)36-15-8-7-9-16-36)54-52(55-51)43-20-13-18-39(31-43)41-25-29-47-46-28-24-40(32-48(46)53(2,3)49(47)33-41)37-22-26-44(27-23-37)56(4,5)6/h7-34H,1-6H3. The minimum atomic E-state index is -1.35. The monoisotopic (exact) mass is 738 g/mol. The van der Waals surface area contributed by atoms with E-state index in [1.165, 1.54) is 55.3 Å². The van der Waals surface area contributed by atoms with Gasteiger partial charge in [0.25, 0.3) is 0 Å². The summed E-state index contributed by atoms with van der Waals surface area (Å²) in [5.74, 6) is 0.715. The maximum Gasteiger partial charge on any atom is 0.160 e. The molecule has 3 heteroatoms. The summed E-state index contributed by atoms with van der Waals surface area (Å²) in [6.45, 7) is 14.1. The van der Waals surface area contributed by atoms with Crippen molar-refractivity contribution < 1.29 is 0 Å². The average Bonchev–Trinajstić information content (AvgIpc) is 3.45. The van der Waals surface area contributed by atoms with Gasteiger partial charge < -0.3 is 0 Å². The first-order chi connectivity index (χ1) is 27.0. The van der Waals surface area contributed by atoms with Crippen LogP contribution in [0.3, 0.4) is 0 Å². The SMILES string of the molecule is Cc1ccccc1-c1cc(-c2cccc(-c3ccccc3)c2)nc(-c2cccc(-c3ccc4c(c3)C(C)(C)c3cc(-c5ccc([Si](C)(C)C)cc5)ccc3-4)c2)n1. The second-order valence-electron chi connectivity index (χ2n) is 16.8. The lowest BCUT2D eigenvalue weighted by Gasteiger charge is -2.23. The Morgan fingerprint density at radius 3 is 1.54 bits per heavy atom. The molecule has 2 nitrogen and oxygen atoms in total. The van der Waals surface area contributed by atoms with Crippen LogP contribution in [0.2, 0.25) is 19.6 Å². The fraction of sp³-hybridized carbons (Fsp3) is 0.132. The van der Waals surface area contributed by atoms with Crippen molar-refractivity contribution in [2.24, 2.45) is 0 Å². The molecule has 0 N–H and O–H groups in total. The number of hydrogen-bond acceptors (Lipinski definition) is 2. The zero-order valence-corrected chi connectivity index (χ0v) is 34.1. The predicted molar refractivity (Wildman–Crippen MR) is 240 cm³/mol. The van der Waals surface area contributed by atoms with Crippen molar-refractivity contribution in [1.29, 1.82) is 0 Å². The highest BCUT2D eigenvalue weighted by atomic mass is 28.3. The van der Waals surface area contributed by atoms with E-state index in [0.717, 1.165) is 39.2 Å². The Kier molecular flexibility index (Phi) is 8.79. The van der Waals surface area contributed by atoms with Crippen LogP contribution in [0.25, 0.3) is 78.4 Å². The molecule has 0 saturated carbocycles. The molecule has 0 bridgehead atoms. The van der Waals surface area contributed by atoms with E-state index in [2.05, 4.69) is 210 Å². The van der Waals surface area contributed by atoms with Crippen LogP contribution < -0.4 is 5.19 Å². The molecule has 1 aromatic heterocycles. The van der Waals surface area contributed by atoms with E-state index >= 15 is 0 Å². The van der Waals surface area contributed by atoms with Crippen molar-refractivity contribution in [3.05, 3.63) is 187 Å². The zero-order valence-electron chi connectivity index (χ0n) is 33.1. The van der Waals surface area contributed by atoms with Gasteiger partial charge in [0, 0.05) is 22.1 Å². The Hall–Kier alpha value is -6.16. The van der Waals surface area contributed by atoms with Gasteiger partial charge in [-0.3, -0.25) is 0 Å². The van der Waals surface area contributed by atoms with Crippen molar-refractivity contribution in [2.45, 2.75) is 45.8 Å². The van der Waals surface area contributed by atoms with Gasteiger partial charge in [-0.2, -0.15) is 0 Å². The average molecular weight is 739 g/mol. The molecule has 1 heterocycles. The lowest BCUT2D eigenvalue weighted by molar-refractivity contribution is 0.661. The highest BCUT2D eigenvalue weighted by molar-refractivity contribution is 6.88. The van der Waals surface area contributed by atoms with Gasteiger partial charge in [-0.05, 0) is 98.5 Å². The number of aryl methyl sites for hydroxylation is 1. The molecule has 7 aromatic carbocycles. The summed E-state index contributed by atoms with van der Waals surface area (Å²) < 4.78 is 0. The summed E-state index contributed by atoms with van der Waals surface area (Å²) in [6.07, 6.45) is 0. The number of hydrogen-bond donors (Lipinski definition) is 0. The van der Waals surface area contributed by atoms with Crippen LogP contribution >= 0.6 is 0 Å². The van der Waals surface area contributed by atoms with Crippen LogP contribution in [0, 0.1) is 6.92 Å². The molecule has 0 fully saturated rings. The first-order valence-electron chi connectivity index (χ1n) is 19.6. The van der Waals surface area contributed by atoms with Crippen LogP contribution in [0.4, 0.5) is 0 Å². The van der Waals surface area contributed by atoms with Crippen LogP contribution in [0.15, 0.2) is 170 Å². The third-order valence-electron chi connectivity index (χ3n) is 11.6. The quantitative estimate of drug-likeness (QED) is 0.152. The second-order valence-corrected chi connectivity index (χ2v) is 21.9. The van der Waals surface area contributed by atoms with Gasteiger partial charge >= 0.3 is 0 Å². The third kappa shape index (κ3) is 6.52. The van der Waals surface area contributed by atoms with Gasteiger partial charge in [-0.15, -0.1) is 0 Å². The molecule has 8 aromatic rings. The van der Waals surface area contributed by atoms with Gasteiger partial charge in [-0.25, -0.2) is 9.97 Å². The zero-order chi connectivity index (χ0) is 38.6. The first-order valence-corrected chi connectivity index (χ1v) is 23.1. The van der Waals surface area contributed by atoms with Crippen molar-refractivity contribution in [3.63, 3.8) is 0 Å². The molecule has 0 amide bonds. The Labute approximate surface area is 332 Å². The lowest BCUT2D eigenvalue weighted by Crippen LogP contribution is -2.37. The molecule has 56 heavy (non-hydrogen) atoms. The largest absolute Gasteiger partial charge is 0.228 e. The molecule has 0 unspecified atom stereocenters. The molecule has 272 valence electrons. The molecule has 9 rings (SSSR count). The van der Waals surface area contributed by atoms with Crippen molar-refractivity contribution in [3.8, 4) is 78.4 Å². The second kappa shape index (κ2) is 13.8. The number of benzene rings is 7. The third-order valence-corrected chi connectivity index (χ3v) is 13.7. The molecular weight excluding hydrogens is 693 g/mol. The Bertz CT molecular complexity index is 2750. The van der Waals surface area contributed by atoms with E-state index in [0.29, 0.717) is 5.82 Å². The smallest absolute Gasteiger partial charge is 0.160 e. The van der Waals surface area contributed by atoms with Crippen LogP contribution in [-0.2, 0) is 5.41 Å². The fourth-order valence-electron chi connectivity index (χ4n) is 8.31. The van der Waals surface area contributed by atoms with Gasteiger partial charge in [0.2, 0.25) is 0 Å². The van der Waals surface area contributed by atoms with E-state index in [1.807, 2.05) is 0 Å². The van der Waals surface area contributed by atoms with E-state index in [-0.39, 0.29) is 5.41 Å². The molecule has 0 radical (unpaired) electrons. The van der Waals surface area contributed by atoms with E-state index in [1.54, 1.807) is 0 Å². The molecule has 0 aliphatic heterocycles. The van der Waals surface area contributed by atoms with Crippen LogP contribution in [0.5, 0.6) is 0 Å².